The van der Waals surface area contributed by atoms with Crippen molar-refractivity contribution in [3.8, 4) is 0 Å². The molecule has 104 valence electrons. The maximum Gasteiger partial charge on any atom is 0.422 e. The Morgan fingerprint density at radius 1 is 1.37 bits per heavy atom. The Bertz CT molecular complexity index is 518. The van der Waals surface area contributed by atoms with Crippen LogP contribution in [0, 0.1) is 0 Å². The Morgan fingerprint density at radius 2 is 2.05 bits per heavy atom. The second kappa shape index (κ2) is 4.36. The maximum absolute atomic E-state index is 12.9. The van der Waals surface area contributed by atoms with E-state index >= 15 is 0 Å². The molecule has 5 nitrogen and oxygen atoms in total. The number of nitrogens with zero attached hydrogens (tertiary/aromatic N) is 2. The SMILES string of the molecule is CC(Nc1ncnc2c1CCC2)(C(=O)O)C(F)(F)F. The van der Waals surface area contributed by atoms with Gasteiger partial charge in [-0.2, -0.15) is 13.2 Å². The summed E-state index contributed by atoms with van der Waals surface area (Å²) in [4.78, 5) is 18.7. The number of aromatic nitrogens is 2. The molecule has 0 bridgehead atoms. The molecule has 1 aliphatic carbocycles. The van der Waals surface area contributed by atoms with Crippen LogP contribution in [0.1, 0.15) is 24.6 Å². The van der Waals surface area contributed by atoms with Gasteiger partial charge in [-0.25, -0.2) is 14.8 Å². The summed E-state index contributed by atoms with van der Waals surface area (Å²) in [6.07, 6.45) is -1.80. The van der Waals surface area contributed by atoms with Gasteiger partial charge in [0.05, 0.1) is 0 Å². The summed E-state index contributed by atoms with van der Waals surface area (Å²) in [7, 11) is 0. The molecule has 19 heavy (non-hydrogen) atoms. The van der Waals surface area contributed by atoms with Crippen molar-refractivity contribution in [2.75, 3.05) is 5.32 Å². The molecule has 1 unspecified atom stereocenters. The lowest BCUT2D eigenvalue weighted by Crippen LogP contribution is -2.55. The van der Waals surface area contributed by atoms with E-state index in [1.165, 1.54) is 0 Å². The van der Waals surface area contributed by atoms with Gasteiger partial charge in [-0.05, 0) is 26.2 Å². The molecule has 2 N–H and O–H groups in total. The summed E-state index contributed by atoms with van der Waals surface area (Å²) in [5.74, 6) is -2.05. The van der Waals surface area contributed by atoms with Gasteiger partial charge in [-0.15, -0.1) is 0 Å². The van der Waals surface area contributed by atoms with E-state index in [0.29, 0.717) is 31.0 Å². The molecule has 0 radical (unpaired) electrons. The van der Waals surface area contributed by atoms with E-state index in [1.807, 2.05) is 5.32 Å². The molecule has 1 aromatic rings. The summed E-state index contributed by atoms with van der Waals surface area (Å²) < 4.78 is 38.7. The van der Waals surface area contributed by atoms with Crippen LogP contribution < -0.4 is 5.32 Å². The van der Waals surface area contributed by atoms with Gasteiger partial charge in [0, 0.05) is 11.3 Å². The fourth-order valence-electron chi connectivity index (χ4n) is 1.95. The van der Waals surface area contributed by atoms with Gasteiger partial charge in [0.15, 0.2) is 0 Å². The normalized spacial score (nSPS) is 17.7. The number of hydrogen-bond donors (Lipinski definition) is 2. The van der Waals surface area contributed by atoms with Crippen LogP contribution in [0.5, 0.6) is 0 Å². The zero-order valence-electron chi connectivity index (χ0n) is 10.1. The van der Waals surface area contributed by atoms with Crippen molar-refractivity contribution in [2.24, 2.45) is 0 Å². The van der Waals surface area contributed by atoms with Crippen LogP contribution >= 0.6 is 0 Å². The van der Waals surface area contributed by atoms with Gasteiger partial charge in [-0.3, -0.25) is 0 Å². The largest absolute Gasteiger partial charge is 0.479 e. The standard InChI is InChI=1S/C11H12F3N3O2/c1-10(9(18)19,11(12,13)14)17-8-6-3-2-4-7(6)15-5-16-8/h5H,2-4H2,1H3,(H,18,19)(H,15,16,17). The molecular weight excluding hydrogens is 263 g/mol. The lowest BCUT2D eigenvalue weighted by Gasteiger charge is -2.29. The molecule has 0 fully saturated rings. The minimum Gasteiger partial charge on any atom is -0.479 e. The number of anilines is 1. The average Bonchev–Trinajstić information content (AvgIpc) is 2.76. The first-order valence-corrected chi connectivity index (χ1v) is 5.67. The topological polar surface area (TPSA) is 75.1 Å². The van der Waals surface area contributed by atoms with Gasteiger partial charge < -0.3 is 10.4 Å². The summed E-state index contributed by atoms with van der Waals surface area (Å²) in [6.45, 7) is 0.582. The molecule has 0 aromatic carbocycles. The van der Waals surface area contributed by atoms with Crippen molar-refractivity contribution < 1.29 is 23.1 Å². The molecule has 2 rings (SSSR count). The first-order chi connectivity index (χ1) is 8.75. The van der Waals surface area contributed by atoms with Gasteiger partial charge in [0.25, 0.3) is 0 Å². The highest BCUT2D eigenvalue weighted by Gasteiger charge is 2.58. The first-order valence-electron chi connectivity index (χ1n) is 5.67. The number of aryl methyl sites for hydroxylation is 1. The van der Waals surface area contributed by atoms with E-state index in [2.05, 4.69) is 9.97 Å². The smallest absolute Gasteiger partial charge is 0.422 e. The highest BCUT2D eigenvalue weighted by Crippen LogP contribution is 2.35. The lowest BCUT2D eigenvalue weighted by molar-refractivity contribution is -0.192. The molecule has 0 aliphatic heterocycles. The number of nitrogens with one attached hydrogen (secondary N) is 1. The van der Waals surface area contributed by atoms with E-state index in [-0.39, 0.29) is 5.82 Å². The zero-order chi connectivity index (χ0) is 14.3. The van der Waals surface area contributed by atoms with Crippen molar-refractivity contribution in [3.63, 3.8) is 0 Å². The number of hydrogen-bond acceptors (Lipinski definition) is 4. The number of halogens is 3. The summed E-state index contributed by atoms with van der Waals surface area (Å²) in [5.41, 5.74) is -1.83. The van der Waals surface area contributed by atoms with Crippen LogP contribution in [0.3, 0.4) is 0 Å². The van der Waals surface area contributed by atoms with Crippen molar-refractivity contribution in [2.45, 2.75) is 37.9 Å². The molecule has 1 heterocycles. The van der Waals surface area contributed by atoms with Crippen LogP contribution in [0.25, 0.3) is 0 Å². The summed E-state index contributed by atoms with van der Waals surface area (Å²) in [6, 6.07) is 0. The Hall–Kier alpha value is -1.86. The van der Waals surface area contributed by atoms with Crippen molar-refractivity contribution in [1.29, 1.82) is 0 Å². The van der Waals surface area contributed by atoms with Gasteiger partial charge in [0.2, 0.25) is 5.54 Å². The van der Waals surface area contributed by atoms with E-state index in [4.69, 9.17) is 5.11 Å². The molecule has 0 spiro atoms. The fourth-order valence-corrected chi connectivity index (χ4v) is 1.95. The number of carbonyl (C=O) groups is 1. The van der Waals surface area contributed by atoms with E-state index in [0.717, 1.165) is 12.7 Å². The summed E-state index contributed by atoms with van der Waals surface area (Å²) >= 11 is 0. The fraction of sp³-hybridized carbons (Fsp3) is 0.545. The minimum absolute atomic E-state index is 0.0512. The van der Waals surface area contributed by atoms with Crippen LogP contribution in [0.2, 0.25) is 0 Å². The van der Waals surface area contributed by atoms with Crippen LogP contribution in [0.4, 0.5) is 19.0 Å². The molecule has 1 aliphatic rings. The lowest BCUT2D eigenvalue weighted by atomic mass is 10.0. The molecule has 0 saturated carbocycles. The van der Waals surface area contributed by atoms with Crippen molar-refractivity contribution >= 4 is 11.8 Å². The van der Waals surface area contributed by atoms with E-state index in [9.17, 15) is 18.0 Å². The van der Waals surface area contributed by atoms with Crippen molar-refractivity contribution in [1.82, 2.24) is 9.97 Å². The Labute approximate surface area is 106 Å². The third-order valence-corrected chi connectivity index (χ3v) is 3.24. The van der Waals surface area contributed by atoms with E-state index < -0.39 is 17.7 Å². The molecule has 1 atom stereocenters. The van der Waals surface area contributed by atoms with Crippen LogP contribution in [0.15, 0.2) is 6.33 Å². The van der Waals surface area contributed by atoms with Gasteiger partial charge in [0.1, 0.15) is 12.1 Å². The van der Waals surface area contributed by atoms with Gasteiger partial charge >= 0.3 is 12.1 Å². The highest BCUT2D eigenvalue weighted by molar-refractivity contribution is 5.83. The second-order valence-electron chi connectivity index (χ2n) is 4.55. The quantitative estimate of drug-likeness (QED) is 0.879. The van der Waals surface area contributed by atoms with Crippen LogP contribution in [-0.2, 0) is 17.6 Å². The number of carboxylic acid groups (broad SMARTS) is 1. The van der Waals surface area contributed by atoms with Gasteiger partial charge in [-0.1, -0.05) is 0 Å². The molecular formula is C11H12F3N3O2. The number of aliphatic carboxylic acids is 1. The van der Waals surface area contributed by atoms with Crippen molar-refractivity contribution in [3.05, 3.63) is 17.6 Å². The Morgan fingerprint density at radius 3 is 2.63 bits per heavy atom. The summed E-state index contributed by atoms with van der Waals surface area (Å²) in [5, 5.41) is 10.9. The number of carboxylic acids is 1. The Kier molecular flexibility index (Phi) is 3.11. The Balaban J connectivity index is 2.39. The molecule has 8 heteroatoms. The third kappa shape index (κ3) is 2.22. The maximum atomic E-state index is 12.9. The third-order valence-electron chi connectivity index (χ3n) is 3.24. The average molecular weight is 275 g/mol. The first kappa shape index (κ1) is 13.6. The van der Waals surface area contributed by atoms with E-state index in [1.54, 1.807) is 0 Å². The monoisotopic (exact) mass is 275 g/mol. The number of alkyl halides is 3. The predicted octanol–water partition coefficient (Wildman–Crippen LogP) is 1.78. The zero-order valence-corrected chi connectivity index (χ0v) is 10.1. The predicted molar refractivity (Wildman–Crippen MR) is 59.8 cm³/mol. The highest BCUT2D eigenvalue weighted by atomic mass is 19.4. The number of fused-ring (bicyclic) bond motifs is 1. The molecule has 1 aromatic heterocycles. The van der Waals surface area contributed by atoms with Crippen LogP contribution in [-0.4, -0.2) is 32.8 Å². The second-order valence-corrected chi connectivity index (χ2v) is 4.55. The number of rotatable bonds is 3. The minimum atomic E-state index is -4.94. The molecule has 0 saturated heterocycles. The molecule has 0 amide bonds.